The van der Waals surface area contributed by atoms with Crippen LogP contribution in [0.5, 0.6) is 0 Å². The first-order valence-electron chi connectivity index (χ1n) is 4.12. The second-order valence-electron chi connectivity index (χ2n) is 3.37. The number of amides is 1. The molecule has 1 rings (SSSR count). The Morgan fingerprint density at radius 1 is 1.73 bits per heavy atom. The van der Waals surface area contributed by atoms with Crippen LogP contribution in [0, 0.1) is 5.92 Å². The summed E-state index contributed by atoms with van der Waals surface area (Å²) in [5, 5.41) is 0. The summed E-state index contributed by atoms with van der Waals surface area (Å²) in [5.74, 6) is 0.687. The lowest BCUT2D eigenvalue weighted by molar-refractivity contribution is -0.127. The highest BCUT2D eigenvalue weighted by Gasteiger charge is 2.26. The largest absolute Gasteiger partial charge is 0.343 e. The van der Waals surface area contributed by atoms with Gasteiger partial charge in [-0.1, -0.05) is 0 Å². The van der Waals surface area contributed by atoms with Crippen molar-refractivity contribution in [2.75, 3.05) is 13.1 Å². The lowest BCUT2D eigenvalue weighted by Gasteiger charge is -2.15. The van der Waals surface area contributed by atoms with Crippen LogP contribution in [0.15, 0.2) is 0 Å². The molecule has 1 saturated heterocycles. The van der Waals surface area contributed by atoms with Gasteiger partial charge in [0.15, 0.2) is 0 Å². The standard InChI is InChI=1S/C8H16N2O/c1-6(9)8-3-4-10(5-8)7(2)11/h6,8H,3-5,9H2,1-2H3. The number of nitrogens with zero attached hydrogens (tertiary/aromatic N) is 1. The third kappa shape index (κ3) is 1.93. The van der Waals surface area contributed by atoms with Crippen molar-refractivity contribution in [3.63, 3.8) is 0 Å². The first kappa shape index (κ1) is 8.53. The van der Waals surface area contributed by atoms with Gasteiger partial charge in [-0.05, 0) is 19.3 Å². The van der Waals surface area contributed by atoms with Crippen molar-refractivity contribution in [3.05, 3.63) is 0 Å². The topological polar surface area (TPSA) is 46.3 Å². The third-order valence-corrected chi connectivity index (χ3v) is 2.41. The van der Waals surface area contributed by atoms with Gasteiger partial charge in [-0.25, -0.2) is 0 Å². The monoisotopic (exact) mass is 156 g/mol. The van der Waals surface area contributed by atoms with Crippen molar-refractivity contribution >= 4 is 5.91 Å². The van der Waals surface area contributed by atoms with E-state index in [9.17, 15) is 4.79 Å². The summed E-state index contributed by atoms with van der Waals surface area (Å²) in [7, 11) is 0. The predicted octanol–water partition coefficient (Wildman–Crippen LogP) is 0.202. The minimum Gasteiger partial charge on any atom is -0.343 e. The Labute approximate surface area is 67.5 Å². The first-order valence-corrected chi connectivity index (χ1v) is 4.12. The summed E-state index contributed by atoms with van der Waals surface area (Å²) >= 11 is 0. The van der Waals surface area contributed by atoms with E-state index < -0.39 is 0 Å². The van der Waals surface area contributed by atoms with Gasteiger partial charge in [-0.3, -0.25) is 4.79 Å². The maximum Gasteiger partial charge on any atom is 0.219 e. The van der Waals surface area contributed by atoms with Crippen molar-refractivity contribution in [3.8, 4) is 0 Å². The number of hydrogen-bond acceptors (Lipinski definition) is 2. The summed E-state index contributed by atoms with van der Waals surface area (Å²) in [6, 6.07) is 0.222. The van der Waals surface area contributed by atoms with Crippen molar-refractivity contribution in [1.29, 1.82) is 0 Å². The molecule has 0 aromatic heterocycles. The van der Waals surface area contributed by atoms with Crippen LogP contribution in [0.3, 0.4) is 0 Å². The molecule has 0 bridgehead atoms. The summed E-state index contributed by atoms with van der Waals surface area (Å²) in [6.45, 7) is 5.37. The molecule has 1 amide bonds. The fourth-order valence-electron chi connectivity index (χ4n) is 1.50. The summed E-state index contributed by atoms with van der Waals surface area (Å²) < 4.78 is 0. The molecule has 11 heavy (non-hydrogen) atoms. The smallest absolute Gasteiger partial charge is 0.219 e. The highest BCUT2D eigenvalue weighted by atomic mass is 16.2. The van der Waals surface area contributed by atoms with Crippen LogP contribution in [0.1, 0.15) is 20.3 Å². The van der Waals surface area contributed by atoms with Crippen molar-refractivity contribution < 1.29 is 4.79 Å². The number of nitrogens with two attached hydrogens (primary N) is 1. The third-order valence-electron chi connectivity index (χ3n) is 2.41. The van der Waals surface area contributed by atoms with Crippen molar-refractivity contribution in [1.82, 2.24) is 4.90 Å². The average molecular weight is 156 g/mol. The Bertz CT molecular complexity index is 156. The minimum absolute atomic E-state index is 0.174. The first-order chi connectivity index (χ1) is 5.11. The number of rotatable bonds is 1. The molecule has 0 aromatic carbocycles. The van der Waals surface area contributed by atoms with Gasteiger partial charge in [0.2, 0.25) is 5.91 Å². The predicted molar refractivity (Wildman–Crippen MR) is 44.0 cm³/mol. The molecular formula is C8H16N2O. The van der Waals surface area contributed by atoms with E-state index in [1.54, 1.807) is 6.92 Å². The molecule has 2 atom stereocenters. The molecule has 0 saturated carbocycles. The van der Waals surface area contributed by atoms with Crippen molar-refractivity contribution in [2.24, 2.45) is 11.7 Å². The number of hydrogen-bond donors (Lipinski definition) is 1. The van der Waals surface area contributed by atoms with E-state index in [-0.39, 0.29) is 11.9 Å². The van der Waals surface area contributed by atoms with Crippen LogP contribution in [0.4, 0.5) is 0 Å². The van der Waals surface area contributed by atoms with Gasteiger partial charge in [0.1, 0.15) is 0 Å². The quantitative estimate of drug-likeness (QED) is 0.589. The zero-order valence-corrected chi connectivity index (χ0v) is 7.21. The van der Waals surface area contributed by atoms with Crippen LogP contribution in [0.2, 0.25) is 0 Å². The second kappa shape index (κ2) is 3.22. The van der Waals surface area contributed by atoms with Crippen LogP contribution < -0.4 is 5.73 Å². The second-order valence-corrected chi connectivity index (χ2v) is 3.37. The molecule has 0 spiro atoms. The molecule has 0 aromatic rings. The Hall–Kier alpha value is -0.570. The van der Waals surface area contributed by atoms with Gasteiger partial charge in [0.05, 0.1) is 0 Å². The lowest BCUT2D eigenvalue weighted by Crippen LogP contribution is -2.31. The van der Waals surface area contributed by atoms with E-state index in [1.807, 2.05) is 11.8 Å². The Morgan fingerprint density at radius 2 is 2.36 bits per heavy atom. The van der Waals surface area contributed by atoms with E-state index in [0.29, 0.717) is 5.92 Å². The molecular weight excluding hydrogens is 140 g/mol. The van der Waals surface area contributed by atoms with Crippen LogP contribution >= 0.6 is 0 Å². The average Bonchev–Trinajstić information content (AvgIpc) is 2.33. The molecule has 2 N–H and O–H groups in total. The van der Waals surface area contributed by atoms with E-state index >= 15 is 0 Å². The van der Waals surface area contributed by atoms with E-state index in [0.717, 1.165) is 19.5 Å². The molecule has 1 aliphatic rings. The molecule has 1 fully saturated rings. The Morgan fingerprint density at radius 3 is 2.64 bits per heavy atom. The molecule has 64 valence electrons. The zero-order valence-electron chi connectivity index (χ0n) is 7.21. The molecule has 1 heterocycles. The highest BCUT2D eigenvalue weighted by Crippen LogP contribution is 2.18. The maximum absolute atomic E-state index is 10.9. The molecule has 1 aliphatic heterocycles. The molecule has 3 heteroatoms. The normalized spacial score (nSPS) is 27.2. The van der Waals surface area contributed by atoms with E-state index in [1.165, 1.54) is 0 Å². The van der Waals surface area contributed by atoms with E-state index in [2.05, 4.69) is 0 Å². The van der Waals surface area contributed by atoms with Crippen LogP contribution in [-0.2, 0) is 4.79 Å². The van der Waals surface area contributed by atoms with Gasteiger partial charge < -0.3 is 10.6 Å². The molecule has 0 radical (unpaired) electrons. The zero-order chi connectivity index (χ0) is 8.43. The van der Waals surface area contributed by atoms with E-state index in [4.69, 9.17) is 5.73 Å². The van der Waals surface area contributed by atoms with Gasteiger partial charge in [-0.2, -0.15) is 0 Å². The van der Waals surface area contributed by atoms with Crippen molar-refractivity contribution in [2.45, 2.75) is 26.3 Å². The summed E-state index contributed by atoms with van der Waals surface area (Å²) in [6.07, 6.45) is 1.07. The molecule has 0 aliphatic carbocycles. The van der Waals surface area contributed by atoms with Gasteiger partial charge >= 0.3 is 0 Å². The fourth-order valence-corrected chi connectivity index (χ4v) is 1.50. The number of carbonyl (C=O) groups is 1. The molecule has 3 nitrogen and oxygen atoms in total. The minimum atomic E-state index is 0.174. The number of carbonyl (C=O) groups excluding carboxylic acids is 1. The number of likely N-dealkylation sites (tertiary alicyclic amines) is 1. The van der Waals surface area contributed by atoms with Gasteiger partial charge in [0.25, 0.3) is 0 Å². The Balaban J connectivity index is 2.41. The maximum atomic E-state index is 10.9. The SMILES string of the molecule is CC(=O)N1CCC(C(C)N)C1. The van der Waals surface area contributed by atoms with Gasteiger partial charge in [-0.15, -0.1) is 0 Å². The van der Waals surface area contributed by atoms with Crippen LogP contribution in [-0.4, -0.2) is 29.9 Å². The lowest BCUT2D eigenvalue weighted by atomic mass is 10.0. The molecule has 2 unspecified atom stereocenters. The highest BCUT2D eigenvalue weighted by molar-refractivity contribution is 5.73. The summed E-state index contributed by atoms with van der Waals surface area (Å²) in [5.41, 5.74) is 5.72. The van der Waals surface area contributed by atoms with Crippen LogP contribution in [0.25, 0.3) is 0 Å². The Kier molecular flexibility index (Phi) is 2.49. The fraction of sp³-hybridized carbons (Fsp3) is 0.875. The summed E-state index contributed by atoms with van der Waals surface area (Å²) in [4.78, 5) is 12.8. The van der Waals surface area contributed by atoms with Gasteiger partial charge in [0, 0.05) is 26.1 Å².